The number of benzene rings is 1. The van der Waals surface area contributed by atoms with Gasteiger partial charge in [0.25, 0.3) is 0 Å². The Hall–Kier alpha value is -3.24. The van der Waals surface area contributed by atoms with E-state index in [0.29, 0.717) is 23.3 Å². The lowest BCUT2D eigenvalue weighted by Crippen LogP contribution is -2.26. The van der Waals surface area contributed by atoms with Gasteiger partial charge in [-0.05, 0) is 56.2 Å². The number of aromatic amines is 1. The highest BCUT2D eigenvalue weighted by molar-refractivity contribution is 7.89. The van der Waals surface area contributed by atoms with Gasteiger partial charge in [-0.15, -0.1) is 0 Å². The van der Waals surface area contributed by atoms with Crippen LogP contribution in [0.3, 0.4) is 0 Å². The molecule has 0 unspecified atom stereocenters. The van der Waals surface area contributed by atoms with Gasteiger partial charge in [0, 0.05) is 18.4 Å². The van der Waals surface area contributed by atoms with Crippen molar-refractivity contribution in [2.24, 2.45) is 0 Å². The van der Waals surface area contributed by atoms with Crippen molar-refractivity contribution in [3.63, 3.8) is 0 Å². The van der Waals surface area contributed by atoms with Gasteiger partial charge in [0.05, 0.1) is 16.1 Å². The van der Waals surface area contributed by atoms with Crippen molar-refractivity contribution >= 4 is 21.1 Å². The highest BCUT2D eigenvalue weighted by Crippen LogP contribution is 2.18. The Labute approximate surface area is 166 Å². The van der Waals surface area contributed by atoms with Gasteiger partial charge in [0.15, 0.2) is 11.4 Å². The Morgan fingerprint density at radius 3 is 2.79 bits per heavy atom. The lowest BCUT2D eigenvalue weighted by molar-refractivity contribution is 0.555. The predicted molar refractivity (Wildman–Crippen MR) is 107 cm³/mol. The van der Waals surface area contributed by atoms with Crippen LogP contribution in [0.25, 0.3) is 16.9 Å². The molecule has 10 heteroatoms. The van der Waals surface area contributed by atoms with Crippen LogP contribution in [-0.2, 0) is 16.4 Å². The van der Waals surface area contributed by atoms with Crippen LogP contribution < -0.4 is 10.5 Å². The third-order valence-corrected chi connectivity index (χ3v) is 6.13. The molecule has 9 nitrogen and oxygen atoms in total. The van der Waals surface area contributed by atoms with E-state index in [-0.39, 0.29) is 11.4 Å². The fourth-order valence-corrected chi connectivity index (χ4v) is 4.29. The summed E-state index contributed by atoms with van der Waals surface area (Å²) in [5.41, 5.74) is 3.35. The molecule has 3 aromatic heterocycles. The fraction of sp³-hybridized carbons (Fsp3) is 0.211. The second-order valence-corrected chi connectivity index (χ2v) is 8.34. The average Bonchev–Trinajstić information content (AvgIpc) is 3.21. The van der Waals surface area contributed by atoms with Gasteiger partial charge >= 0.3 is 5.76 Å². The Morgan fingerprint density at radius 2 is 2.03 bits per heavy atom. The molecule has 0 atom stereocenters. The molecule has 29 heavy (non-hydrogen) atoms. The quantitative estimate of drug-likeness (QED) is 0.497. The molecule has 0 aliphatic rings. The summed E-state index contributed by atoms with van der Waals surface area (Å²) in [5, 5.41) is 4.52. The molecule has 0 spiro atoms. The lowest BCUT2D eigenvalue weighted by Gasteiger charge is -2.08. The molecule has 0 aliphatic carbocycles. The smallest absolute Gasteiger partial charge is 0.408 e. The summed E-state index contributed by atoms with van der Waals surface area (Å²) in [7, 11) is -3.74. The first kappa shape index (κ1) is 19.1. The molecule has 1 aromatic carbocycles. The minimum absolute atomic E-state index is 0.0553. The standard InChI is InChI=1S/C19H19N5O4S/c1-12-15(13(2)24(23-12)18-5-3-4-9-20-18)8-10-21-29(26,27)14-6-7-17-16(11-14)22-19(25)28-17/h3-7,9,11,21H,8,10H2,1-2H3,(H,22,25). The van der Waals surface area contributed by atoms with Crippen LogP contribution in [0, 0.1) is 13.8 Å². The van der Waals surface area contributed by atoms with E-state index in [1.807, 2.05) is 32.0 Å². The minimum Gasteiger partial charge on any atom is -0.408 e. The molecule has 0 saturated heterocycles. The van der Waals surface area contributed by atoms with E-state index in [4.69, 9.17) is 4.42 Å². The molecule has 4 aromatic rings. The zero-order valence-electron chi connectivity index (χ0n) is 15.8. The number of aromatic nitrogens is 4. The van der Waals surface area contributed by atoms with Crippen molar-refractivity contribution < 1.29 is 12.8 Å². The molecule has 0 radical (unpaired) electrons. The van der Waals surface area contributed by atoms with Crippen molar-refractivity contribution in [1.82, 2.24) is 24.5 Å². The summed E-state index contributed by atoms with van der Waals surface area (Å²) in [6, 6.07) is 9.81. The molecule has 3 heterocycles. The second kappa shape index (κ2) is 7.30. The SMILES string of the molecule is Cc1nn(-c2ccccn2)c(C)c1CCNS(=O)(=O)c1ccc2oc(=O)[nH]c2c1. The summed E-state index contributed by atoms with van der Waals surface area (Å²) in [6.07, 6.45) is 2.18. The van der Waals surface area contributed by atoms with Crippen molar-refractivity contribution in [1.29, 1.82) is 0 Å². The first-order chi connectivity index (χ1) is 13.8. The first-order valence-electron chi connectivity index (χ1n) is 8.94. The van der Waals surface area contributed by atoms with E-state index in [2.05, 4.69) is 19.8 Å². The zero-order valence-corrected chi connectivity index (χ0v) is 16.7. The minimum atomic E-state index is -3.74. The van der Waals surface area contributed by atoms with E-state index in [1.165, 1.54) is 18.2 Å². The number of sulfonamides is 1. The average molecular weight is 413 g/mol. The molecular weight excluding hydrogens is 394 g/mol. The van der Waals surface area contributed by atoms with E-state index in [1.54, 1.807) is 10.9 Å². The van der Waals surface area contributed by atoms with Crippen LogP contribution in [0.1, 0.15) is 17.0 Å². The number of oxazole rings is 1. The zero-order chi connectivity index (χ0) is 20.6. The first-order valence-corrected chi connectivity index (χ1v) is 10.4. The topological polar surface area (TPSA) is 123 Å². The largest absolute Gasteiger partial charge is 0.417 e. The van der Waals surface area contributed by atoms with Gasteiger partial charge in [-0.25, -0.2) is 27.6 Å². The van der Waals surface area contributed by atoms with Gasteiger partial charge in [-0.1, -0.05) is 6.07 Å². The summed E-state index contributed by atoms with van der Waals surface area (Å²) >= 11 is 0. The molecule has 0 fully saturated rings. The van der Waals surface area contributed by atoms with Gasteiger partial charge in [-0.2, -0.15) is 5.10 Å². The molecule has 0 amide bonds. The number of hydrogen-bond acceptors (Lipinski definition) is 6. The van der Waals surface area contributed by atoms with Crippen LogP contribution >= 0.6 is 0 Å². The predicted octanol–water partition coefficient (Wildman–Crippen LogP) is 1.84. The highest BCUT2D eigenvalue weighted by atomic mass is 32.2. The number of H-pyrrole nitrogens is 1. The molecular formula is C19H19N5O4S. The summed E-state index contributed by atoms with van der Waals surface area (Å²) in [6.45, 7) is 4.03. The molecule has 150 valence electrons. The van der Waals surface area contributed by atoms with Crippen molar-refractivity contribution in [3.05, 3.63) is 70.1 Å². The number of pyridine rings is 1. The van der Waals surface area contributed by atoms with E-state index >= 15 is 0 Å². The summed E-state index contributed by atoms with van der Waals surface area (Å²) in [4.78, 5) is 18.1. The maximum absolute atomic E-state index is 12.6. The van der Waals surface area contributed by atoms with Gasteiger partial charge in [-0.3, -0.25) is 4.98 Å². The Bertz CT molecular complexity index is 1340. The van der Waals surface area contributed by atoms with Crippen LogP contribution in [0.2, 0.25) is 0 Å². The normalized spacial score (nSPS) is 11.9. The Balaban J connectivity index is 1.50. The number of fused-ring (bicyclic) bond motifs is 1. The summed E-state index contributed by atoms with van der Waals surface area (Å²) in [5.74, 6) is 0.0840. The van der Waals surface area contributed by atoms with Gasteiger partial charge in [0.1, 0.15) is 0 Å². The Morgan fingerprint density at radius 1 is 1.21 bits per heavy atom. The molecule has 2 N–H and O–H groups in total. The number of nitrogens with zero attached hydrogens (tertiary/aromatic N) is 3. The van der Waals surface area contributed by atoms with E-state index in [0.717, 1.165) is 17.0 Å². The van der Waals surface area contributed by atoms with Crippen molar-refractivity contribution in [2.45, 2.75) is 25.2 Å². The molecule has 0 bridgehead atoms. The van der Waals surface area contributed by atoms with E-state index in [9.17, 15) is 13.2 Å². The molecule has 4 rings (SSSR count). The fourth-order valence-electron chi connectivity index (χ4n) is 3.23. The number of rotatable bonds is 6. The lowest BCUT2D eigenvalue weighted by atomic mass is 10.1. The third-order valence-electron chi connectivity index (χ3n) is 4.68. The van der Waals surface area contributed by atoms with Crippen LogP contribution in [0.5, 0.6) is 0 Å². The third kappa shape index (κ3) is 3.71. The number of aryl methyl sites for hydroxylation is 1. The maximum atomic E-state index is 12.6. The van der Waals surface area contributed by atoms with Crippen LogP contribution in [-0.4, -0.2) is 34.7 Å². The highest BCUT2D eigenvalue weighted by Gasteiger charge is 2.17. The number of hydrogen-bond donors (Lipinski definition) is 2. The summed E-state index contributed by atoms with van der Waals surface area (Å²) < 4.78 is 34.5. The van der Waals surface area contributed by atoms with Crippen molar-refractivity contribution in [3.8, 4) is 5.82 Å². The van der Waals surface area contributed by atoms with E-state index < -0.39 is 15.8 Å². The Kier molecular flexibility index (Phi) is 4.81. The van der Waals surface area contributed by atoms with Gasteiger partial charge < -0.3 is 4.42 Å². The van der Waals surface area contributed by atoms with Crippen LogP contribution in [0.15, 0.2) is 56.7 Å². The maximum Gasteiger partial charge on any atom is 0.417 e. The molecule has 0 aliphatic heterocycles. The second-order valence-electron chi connectivity index (χ2n) is 6.57. The monoisotopic (exact) mass is 413 g/mol. The van der Waals surface area contributed by atoms with Crippen LogP contribution in [0.4, 0.5) is 0 Å². The van der Waals surface area contributed by atoms with Gasteiger partial charge in [0.2, 0.25) is 10.0 Å². The van der Waals surface area contributed by atoms with Crippen molar-refractivity contribution in [2.75, 3.05) is 6.54 Å². The molecule has 0 saturated carbocycles. The number of nitrogens with one attached hydrogen (secondary N) is 2.